The van der Waals surface area contributed by atoms with E-state index < -0.39 is 0 Å². The predicted octanol–water partition coefficient (Wildman–Crippen LogP) is 1.29. The maximum absolute atomic E-state index is 11.4. The van der Waals surface area contributed by atoms with Crippen molar-refractivity contribution in [3.05, 3.63) is 17.6 Å². The van der Waals surface area contributed by atoms with Crippen molar-refractivity contribution in [3.63, 3.8) is 0 Å². The second kappa shape index (κ2) is 6.83. The van der Waals surface area contributed by atoms with Gasteiger partial charge in [0.2, 0.25) is 5.91 Å². The van der Waals surface area contributed by atoms with Gasteiger partial charge in [0.15, 0.2) is 0 Å². The molecule has 0 saturated carbocycles. The number of aromatic nitrogens is 2. The van der Waals surface area contributed by atoms with E-state index in [0.29, 0.717) is 12.4 Å². The number of rotatable bonds is 6. The molecule has 5 heteroatoms. The second-order valence-corrected chi connectivity index (χ2v) is 3.87. The van der Waals surface area contributed by atoms with Gasteiger partial charge in [-0.3, -0.25) is 4.79 Å². The summed E-state index contributed by atoms with van der Waals surface area (Å²) in [4.78, 5) is 20.0. The Labute approximate surface area is 102 Å². The molecule has 0 saturated heterocycles. The fraction of sp³-hybridized carbons (Fsp3) is 0.583. The summed E-state index contributed by atoms with van der Waals surface area (Å²) in [6.07, 6.45) is 1.73. The number of aryl methyl sites for hydroxylation is 2. The number of hydrogen-bond acceptors (Lipinski definition) is 4. The van der Waals surface area contributed by atoms with Gasteiger partial charge in [0.1, 0.15) is 11.6 Å². The molecule has 0 aliphatic rings. The van der Waals surface area contributed by atoms with Crippen molar-refractivity contribution in [2.75, 3.05) is 18.4 Å². The van der Waals surface area contributed by atoms with Gasteiger partial charge in [-0.25, -0.2) is 9.97 Å². The molecule has 0 fully saturated rings. The van der Waals surface area contributed by atoms with E-state index in [4.69, 9.17) is 0 Å². The molecule has 5 nitrogen and oxygen atoms in total. The molecule has 1 heterocycles. The highest BCUT2D eigenvalue weighted by atomic mass is 16.1. The minimum Gasteiger partial charge on any atom is -0.361 e. The van der Waals surface area contributed by atoms with Gasteiger partial charge >= 0.3 is 0 Å². The number of hydrogen-bond donors (Lipinski definition) is 2. The zero-order chi connectivity index (χ0) is 12.7. The molecular weight excluding hydrogens is 216 g/mol. The standard InChI is InChI=1S/C12H20N4O/c1-4-6-13-12(17)8-14-11-7-9(3)15-10(5-2)16-11/h7H,4-6,8H2,1-3H3,(H,13,17)(H,14,15,16). The van der Waals surface area contributed by atoms with Crippen LogP contribution < -0.4 is 10.6 Å². The highest BCUT2D eigenvalue weighted by molar-refractivity contribution is 5.80. The van der Waals surface area contributed by atoms with Crippen molar-refractivity contribution >= 4 is 11.7 Å². The third-order valence-electron chi connectivity index (χ3n) is 2.22. The lowest BCUT2D eigenvalue weighted by molar-refractivity contribution is -0.119. The Hall–Kier alpha value is -1.65. The van der Waals surface area contributed by atoms with Crippen molar-refractivity contribution in [1.29, 1.82) is 0 Å². The van der Waals surface area contributed by atoms with E-state index in [1.54, 1.807) is 0 Å². The SMILES string of the molecule is CCCNC(=O)CNc1cc(C)nc(CC)n1. The van der Waals surface area contributed by atoms with Crippen LogP contribution in [0.4, 0.5) is 5.82 Å². The van der Waals surface area contributed by atoms with Crippen LogP contribution in [0.1, 0.15) is 31.8 Å². The van der Waals surface area contributed by atoms with Crippen LogP contribution in [0.25, 0.3) is 0 Å². The summed E-state index contributed by atoms with van der Waals surface area (Å²) in [5, 5.41) is 5.81. The summed E-state index contributed by atoms with van der Waals surface area (Å²) in [5.41, 5.74) is 0.910. The van der Waals surface area contributed by atoms with Gasteiger partial charge in [-0.2, -0.15) is 0 Å². The number of nitrogens with one attached hydrogen (secondary N) is 2. The summed E-state index contributed by atoms with van der Waals surface area (Å²) < 4.78 is 0. The van der Waals surface area contributed by atoms with Crippen molar-refractivity contribution in [2.45, 2.75) is 33.6 Å². The maximum Gasteiger partial charge on any atom is 0.239 e. The molecule has 1 rings (SSSR count). The number of nitrogens with zero attached hydrogens (tertiary/aromatic N) is 2. The molecule has 0 bridgehead atoms. The number of carbonyl (C=O) groups is 1. The molecular formula is C12H20N4O. The Morgan fingerprint density at radius 3 is 2.76 bits per heavy atom. The Bertz CT molecular complexity index is 379. The van der Waals surface area contributed by atoms with Crippen LogP contribution in [0.15, 0.2) is 6.07 Å². The van der Waals surface area contributed by atoms with E-state index in [2.05, 4.69) is 20.6 Å². The monoisotopic (exact) mass is 236 g/mol. The van der Waals surface area contributed by atoms with Gasteiger partial charge in [0, 0.05) is 24.7 Å². The van der Waals surface area contributed by atoms with Crippen molar-refractivity contribution in [3.8, 4) is 0 Å². The zero-order valence-electron chi connectivity index (χ0n) is 10.7. The molecule has 0 unspecified atom stereocenters. The number of carbonyl (C=O) groups excluding carboxylic acids is 1. The van der Waals surface area contributed by atoms with Crippen LogP contribution in [0, 0.1) is 6.92 Å². The topological polar surface area (TPSA) is 66.9 Å². The third-order valence-corrected chi connectivity index (χ3v) is 2.22. The molecule has 94 valence electrons. The van der Waals surface area contributed by atoms with Crippen LogP contribution in [-0.4, -0.2) is 29.0 Å². The van der Waals surface area contributed by atoms with E-state index in [-0.39, 0.29) is 12.5 Å². The van der Waals surface area contributed by atoms with Gasteiger partial charge < -0.3 is 10.6 Å². The fourth-order valence-electron chi connectivity index (χ4n) is 1.38. The smallest absolute Gasteiger partial charge is 0.239 e. The maximum atomic E-state index is 11.4. The molecule has 17 heavy (non-hydrogen) atoms. The average Bonchev–Trinajstić information content (AvgIpc) is 2.33. The summed E-state index contributed by atoms with van der Waals surface area (Å²) in [5.74, 6) is 1.49. The fourth-order valence-corrected chi connectivity index (χ4v) is 1.38. The molecule has 1 amide bonds. The molecule has 1 aromatic rings. The molecule has 1 aromatic heterocycles. The van der Waals surface area contributed by atoms with Crippen molar-refractivity contribution < 1.29 is 4.79 Å². The summed E-state index contributed by atoms with van der Waals surface area (Å²) in [6.45, 7) is 6.91. The van der Waals surface area contributed by atoms with Gasteiger partial charge in [0.05, 0.1) is 6.54 Å². The molecule has 2 N–H and O–H groups in total. The molecule has 0 aliphatic heterocycles. The Morgan fingerprint density at radius 1 is 1.35 bits per heavy atom. The van der Waals surface area contributed by atoms with E-state index >= 15 is 0 Å². The first kappa shape index (κ1) is 13.4. The molecule has 0 atom stereocenters. The minimum absolute atomic E-state index is 0.0128. The first-order valence-corrected chi connectivity index (χ1v) is 6.00. The van der Waals surface area contributed by atoms with Gasteiger partial charge in [-0.15, -0.1) is 0 Å². The molecule has 0 radical (unpaired) electrons. The summed E-state index contributed by atoms with van der Waals surface area (Å²) in [6, 6.07) is 1.84. The zero-order valence-corrected chi connectivity index (χ0v) is 10.7. The largest absolute Gasteiger partial charge is 0.361 e. The highest BCUT2D eigenvalue weighted by Gasteiger charge is 2.03. The van der Waals surface area contributed by atoms with E-state index in [0.717, 1.165) is 24.4 Å². The number of amides is 1. The minimum atomic E-state index is -0.0128. The second-order valence-electron chi connectivity index (χ2n) is 3.87. The highest BCUT2D eigenvalue weighted by Crippen LogP contribution is 2.05. The lowest BCUT2D eigenvalue weighted by Gasteiger charge is -2.08. The van der Waals surface area contributed by atoms with E-state index in [9.17, 15) is 4.79 Å². The van der Waals surface area contributed by atoms with Crippen LogP contribution in [-0.2, 0) is 11.2 Å². The lowest BCUT2D eigenvalue weighted by Crippen LogP contribution is -2.30. The van der Waals surface area contributed by atoms with Gasteiger partial charge in [-0.05, 0) is 13.3 Å². The first-order valence-electron chi connectivity index (χ1n) is 6.00. The molecule has 0 aliphatic carbocycles. The third kappa shape index (κ3) is 4.80. The van der Waals surface area contributed by atoms with Crippen molar-refractivity contribution in [1.82, 2.24) is 15.3 Å². The Morgan fingerprint density at radius 2 is 2.12 bits per heavy atom. The van der Waals surface area contributed by atoms with Crippen LogP contribution >= 0.6 is 0 Å². The van der Waals surface area contributed by atoms with Gasteiger partial charge in [0.25, 0.3) is 0 Å². The predicted molar refractivity (Wildman–Crippen MR) is 67.9 cm³/mol. The lowest BCUT2D eigenvalue weighted by atomic mass is 10.3. The quantitative estimate of drug-likeness (QED) is 0.781. The van der Waals surface area contributed by atoms with Crippen molar-refractivity contribution in [2.24, 2.45) is 0 Å². The Balaban J connectivity index is 2.51. The van der Waals surface area contributed by atoms with Gasteiger partial charge in [-0.1, -0.05) is 13.8 Å². The van der Waals surface area contributed by atoms with Crippen LogP contribution in [0.5, 0.6) is 0 Å². The normalized spacial score (nSPS) is 10.1. The Kier molecular flexibility index (Phi) is 5.39. The molecule has 0 aromatic carbocycles. The molecule has 0 spiro atoms. The summed E-state index contributed by atoms with van der Waals surface area (Å²) >= 11 is 0. The van der Waals surface area contributed by atoms with E-state index in [1.807, 2.05) is 26.8 Å². The van der Waals surface area contributed by atoms with E-state index in [1.165, 1.54) is 0 Å². The van der Waals surface area contributed by atoms with Crippen LogP contribution in [0.2, 0.25) is 0 Å². The summed E-state index contributed by atoms with van der Waals surface area (Å²) in [7, 11) is 0. The van der Waals surface area contributed by atoms with Crippen LogP contribution in [0.3, 0.4) is 0 Å². The average molecular weight is 236 g/mol. The first-order chi connectivity index (χ1) is 8.15. The number of anilines is 1.